The number of carbonyl (C=O) groups excluding carboxylic acids is 2. The zero-order valence-corrected chi connectivity index (χ0v) is 24.6. The maximum absolute atomic E-state index is 13.9. The summed E-state index contributed by atoms with van der Waals surface area (Å²) < 4.78 is 28.6. The van der Waals surface area contributed by atoms with Crippen LogP contribution < -0.4 is 9.62 Å². The number of rotatable bonds is 12. The fourth-order valence-electron chi connectivity index (χ4n) is 3.90. The van der Waals surface area contributed by atoms with Gasteiger partial charge in [-0.2, -0.15) is 0 Å². The summed E-state index contributed by atoms with van der Waals surface area (Å²) in [5, 5.41) is 3.73. The lowest BCUT2D eigenvalue weighted by atomic mass is 10.1. The average Bonchev–Trinajstić information content (AvgIpc) is 2.91. The van der Waals surface area contributed by atoms with Gasteiger partial charge >= 0.3 is 0 Å². The topological polar surface area (TPSA) is 86.8 Å². The number of nitrogens with one attached hydrogen (secondary N) is 1. The lowest BCUT2D eigenvalue weighted by Gasteiger charge is -2.32. The third-order valence-corrected chi connectivity index (χ3v) is 8.52. The van der Waals surface area contributed by atoms with Gasteiger partial charge < -0.3 is 10.2 Å². The fourth-order valence-corrected chi connectivity index (χ4v) is 5.62. The van der Waals surface area contributed by atoms with E-state index in [2.05, 4.69) is 5.32 Å². The molecule has 3 rings (SSSR count). The predicted octanol–water partition coefficient (Wildman–Crippen LogP) is 5.83. The summed E-state index contributed by atoms with van der Waals surface area (Å²) in [5.41, 5.74) is 1.89. The Morgan fingerprint density at radius 1 is 0.949 bits per heavy atom. The molecule has 10 heteroatoms. The Balaban J connectivity index is 1.99. The number of nitrogens with zero attached hydrogens (tertiary/aromatic N) is 2. The number of aryl methyl sites for hydroxylation is 1. The molecule has 208 valence electrons. The van der Waals surface area contributed by atoms with Crippen LogP contribution in [0.5, 0.6) is 0 Å². The van der Waals surface area contributed by atoms with Crippen LogP contribution in [0.25, 0.3) is 0 Å². The van der Waals surface area contributed by atoms with Crippen LogP contribution >= 0.6 is 23.2 Å². The molecule has 0 heterocycles. The molecule has 0 aliphatic heterocycles. The zero-order chi connectivity index (χ0) is 28.6. The van der Waals surface area contributed by atoms with Crippen molar-refractivity contribution in [2.75, 3.05) is 17.4 Å². The van der Waals surface area contributed by atoms with E-state index in [1.165, 1.54) is 23.1 Å². The van der Waals surface area contributed by atoms with Crippen molar-refractivity contribution in [3.8, 4) is 0 Å². The first kappa shape index (κ1) is 30.5. The number of amides is 2. The van der Waals surface area contributed by atoms with Crippen LogP contribution in [-0.2, 0) is 26.2 Å². The van der Waals surface area contributed by atoms with E-state index < -0.39 is 28.5 Å². The third-order valence-electron chi connectivity index (χ3n) is 6.25. The number of hydrogen-bond acceptors (Lipinski definition) is 4. The van der Waals surface area contributed by atoms with Crippen molar-refractivity contribution in [1.82, 2.24) is 10.2 Å². The van der Waals surface area contributed by atoms with Gasteiger partial charge in [-0.25, -0.2) is 8.42 Å². The number of anilines is 1. The van der Waals surface area contributed by atoms with Crippen LogP contribution in [0, 0.1) is 6.92 Å². The lowest BCUT2D eigenvalue weighted by molar-refractivity contribution is -0.139. The minimum absolute atomic E-state index is 0.0375. The minimum Gasteiger partial charge on any atom is -0.354 e. The molecule has 0 saturated carbocycles. The van der Waals surface area contributed by atoms with Crippen LogP contribution in [0.4, 0.5) is 5.69 Å². The van der Waals surface area contributed by atoms with Gasteiger partial charge in [0, 0.05) is 23.1 Å². The quantitative estimate of drug-likeness (QED) is 0.269. The van der Waals surface area contributed by atoms with Crippen LogP contribution in [0.3, 0.4) is 0 Å². The number of sulfonamides is 1. The van der Waals surface area contributed by atoms with E-state index in [4.69, 9.17) is 23.2 Å². The molecule has 0 saturated heterocycles. The van der Waals surface area contributed by atoms with Crippen LogP contribution in [0.15, 0.2) is 77.7 Å². The third kappa shape index (κ3) is 8.21. The second-order valence-electron chi connectivity index (χ2n) is 9.27. The molecule has 0 radical (unpaired) electrons. The molecule has 0 bridgehead atoms. The molecule has 1 unspecified atom stereocenters. The Morgan fingerprint density at radius 2 is 1.62 bits per heavy atom. The molecule has 39 heavy (non-hydrogen) atoms. The Labute approximate surface area is 240 Å². The van der Waals surface area contributed by atoms with E-state index in [1.54, 1.807) is 61.5 Å². The first-order valence-corrected chi connectivity index (χ1v) is 14.9. The predicted molar refractivity (Wildman–Crippen MR) is 157 cm³/mol. The van der Waals surface area contributed by atoms with Crippen molar-refractivity contribution < 1.29 is 18.0 Å². The summed E-state index contributed by atoms with van der Waals surface area (Å²) >= 11 is 12.2. The van der Waals surface area contributed by atoms with Crippen molar-refractivity contribution in [1.29, 1.82) is 0 Å². The Hall–Kier alpha value is -3.07. The average molecular weight is 591 g/mol. The zero-order valence-electron chi connectivity index (χ0n) is 22.2. The highest BCUT2D eigenvalue weighted by Crippen LogP contribution is 2.27. The van der Waals surface area contributed by atoms with Gasteiger partial charge in [-0.3, -0.25) is 13.9 Å². The number of hydrogen-bond donors (Lipinski definition) is 1. The molecule has 0 aliphatic rings. The van der Waals surface area contributed by atoms with Crippen molar-refractivity contribution in [2.24, 2.45) is 0 Å². The SMILES string of the molecule is CCCCNC(=O)C(C)N(Cc1ccc(Cl)cc1)C(=O)CN(c1cccc(Cl)c1)S(=O)(=O)c1ccc(C)cc1. The summed E-state index contributed by atoms with van der Waals surface area (Å²) in [5.74, 6) is -0.861. The summed E-state index contributed by atoms with van der Waals surface area (Å²) in [7, 11) is -4.15. The first-order chi connectivity index (χ1) is 18.5. The van der Waals surface area contributed by atoms with Gasteiger partial charge in [0.1, 0.15) is 12.6 Å². The molecular weight excluding hydrogens is 557 g/mol. The number of carbonyl (C=O) groups is 2. The molecule has 0 aliphatic carbocycles. The van der Waals surface area contributed by atoms with Gasteiger partial charge in [-0.05, 0) is 68.3 Å². The van der Waals surface area contributed by atoms with Crippen LogP contribution in [-0.4, -0.2) is 44.3 Å². The van der Waals surface area contributed by atoms with Crippen LogP contribution in [0.1, 0.15) is 37.8 Å². The van der Waals surface area contributed by atoms with E-state index in [-0.39, 0.29) is 23.0 Å². The van der Waals surface area contributed by atoms with E-state index in [0.29, 0.717) is 16.6 Å². The second-order valence-corrected chi connectivity index (χ2v) is 12.0. The van der Waals surface area contributed by atoms with E-state index in [1.807, 2.05) is 13.8 Å². The standard InChI is InChI=1S/C29H33Cl2N3O4S/c1-4-5-17-32-29(36)22(3)33(19-23-11-13-24(30)14-12-23)28(35)20-34(26-8-6-7-25(31)18-26)39(37,38)27-15-9-21(2)10-16-27/h6-16,18,22H,4-5,17,19-20H2,1-3H3,(H,32,36). The maximum atomic E-state index is 13.9. The van der Waals surface area contributed by atoms with Gasteiger partial charge in [0.25, 0.3) is 10.0 Å². The number of benzene rings is 3. The molecular formula is C29H33Cl2N3O4S. The summed E-state index contributed by atoms with van der Waals surface area (Å²) in [6.45, 7) is 5.55. The van der Waals surface area contributed by atoms with E-state index in [9.17, 15) is 18.0 Å². The molecule has 2 amide bonds. The molecule has 1 N–H and O–H groups in total. The van der Waals surface area contributed by atoms with E-state index >= 15 is 0 Å². The van der Waals surface area contributed by atoms with Gasteiger partial charge in [-0.1, -0.05) is 72.4 Å². The largest absolute Gasteiger partial charge is 0.354 e. The number of halogens is 2. The van der Waals surface area contributed by atoms with Gasteiger partial charge in [-0.15, -0.1) is 0 Å². The Morgan fingerprint density at radius 3 is 2.23 bits per heavy atom. The highest BCUT2D eigenvalue weighted by atomic mass is 35.5. The van der Waals surface area contributed by atoms with Gasteiger partial charge in [0.2, 0.25) is 11.8 Å². The van der Waals surface area contributed by atoms with Crippen molar-refractivity contribution in [3.63, 3.8) is 0 Å². The highest BCUT2D eigenvalue weighted by Gasteiger charge is 2.32. The summed E-state index contributed by atoms with van der Waals surface area (Å²) in [6, 6.07) is 18.8. The normalized spacial score (nSPS) is 12.0. The molecule has 3 aromatic carbocycles. The minimum atomic E-state index is -4.15. The molecule has 0 fully saturated rings. The van der Waals surface area contributed by atoms with Crippen LogP contribution in [0.2, 0.25) is 10.0 Å². The highest BCUT2D eigenvalue weighted by molar-refractivity contribution is 7.92. The Kier molecular flexibility index (Phi) is 10.8. The van der Waals surface area contributed by atoms with Crippen molar-refractivity contribution >= 4 is 50.7 Å². The monoisotopic (exact) mass is 589 g/mol. The Bertz CT molecular complexity index is 1380. The molecule has 0 aromatic heterocycles. The summed E-state index contributed by atoms with van der Waals surface area (Å²) in [6.07, 6.45) is 1.72. The second kappa shape index (κ2) is 13.8. The summed E-state index contributed by atoms with van der Waals surface area (Å²) in [4.78, 5) is 28.3. The van der Waals surface area contributed by atoms with Crippen molar-refractivity contribution in [3.05, 3.63) is 94.0 Å². The first-order valence-electron chi connectivity index (χ1n) is 12.7. The smallest absolute Gasteiger partial charge is 0.264 e. The lowest BCUT2D eigenvalue weighted by Crippen LogP contribution is -2.51. The fraction of sp³-hybridized carbons (Fsp3) is 0.310. The molecule has 3 aromatic rings. The van der Waals surface area contributed by atoms with Gasteiger partial charge in [0.15, 0.2) is 0 Å². The molecule has 7 nitrogen and oxygen atoms in total. The molecule has 0 spiro atoms. The molecule has 1 atom stereocenters. The van der Waals surface area contributed by atoms with Gasteiger partial charge in [0.05, 0.1) is 10.6 Å². The number of unbranched alkanes of at least 4 members (excludes halogenated alkanes) is 1. The van der Waals surface area contributed by atoms with Crippen molar-refractivity contribution in [2.45, 2.75) is 51.1 Å². The maximum Gasteiger partial charge on any atom is 0.264 e. The van der Waals surface area contributed by atoms with E-state index in [0.717, 1.165) is 28.3 Å².